The first-order valence-corrected chi connectivity index (χ1v) is 6.84. The van der Waals surface area contributed by atoms with Crippen LogP contribution in [-0.4, -0.2) is 12.4 Å². The second-order valence-corrected chi connectivity index (χ2v) is 4.65. The molecule has 0 saturated heterocycles. The fourth-order valence-electron chi connectivity index (χ4n) is 1.92. The van der Waals surface area contributed by atoms with Crippen LogP contribution in [0.5, 0.6) is 5.75 Å². The van der Waals surface area contributed by atoms with Crippen LogP contribution in [0.3, 0.4) is 0 Å². The van der Waals surface area contributed by atoms with Gasteiger partial charge in [-0.05, 0) is 18.6 Å². The van der Waals surface area contributed by atoms with Crippen molar-refractivity contribution < 1.29 is 9.53 Å². The highest BCUT2D eigenvalue weighted by molar-refractivity contribution is 8.93. The van der Waals surface area contributed by atoms with Crippen molar-refractivity contribution >= 4 is 28.5 Å². The summed E-state index contributed by atoms with van der Waals surface area (Å²) in [6, 6.07) is 14.4. The zero-order chi connectivity index (χ0) is 14.4. The zero-order valence-corrected chi connectivity index (χ0v) is 13.8. The molecule has 0 atom stereocenters. The number of hydrogen-bond acceptors (Lipinski definition) is 3. The minimum absolute atomic E-state index is 0. The molecular formula is C17H20BrNO2. The summed E-state index contributed by atoms with van der Waals surface area (Å²) in [5, 5.41) is 0. The van der Waals surface area contributed by atoms with Gasteiger partial charge in [-0.2, -0.15) is 0 Å². The topological polar surface area (TPSA) is 52.3 Å². The van der Waals surface area contributed by atoms with E-state index >= 15 is 0 Å². The van der Waals surface area contributed by atoms with Crippen LogP contribution in [-0.2, 0) is 0 Å². The van der Waals surface area contributed by atoms with Crippen LogP contribution in [0.4, 0.5) is 5.69 Å². The Balaban J connectivity index is 0.00000220. The fraction of sp³-hybridized carbons (Fsp3) is 0.235. The lowest BCUT2D eigenvalue weighted by molar-refractivity contribution is 0.103. The molecule has 0 aliphatic carbocycles. The van der Waals surface area contributed by atoms with Gasteiger partial charge in [-0.15, -0.1) is 17.0 Å². The van der Waals surface area contributed by atoms with Gasteiger partial charge in [-0.1, -0.05) is 43.7 Å². The minimum Gasteiger partial charge on any atom is -0.494 e. The summed E-state index contributed by atoms with van der Waals surface area (Å²) in [5.74, 6) is 0.642. The van der Waals surface area contributed by atoms with Gasteiger partial charge in [-0.3, -0.25) is 4.79 Å². The number of halogens is 1. The average Bonchev–Trinajstić information content (AvgIpc) is 2.48. The smallest absolute Gasteiger partial charge is 0.195 e. The number of rotatable bonds is 6. The molecule has 0 fully saturated rings. The SMILES string of the molecule is Br.CCCCOc1ccc(C(=O)c2ccccc2)c(N)c1. The summed E-state index contributed by atoms with van der Waals surface area (Å²) in [4.78, 5) is 12.3. The minimum atomic E-state index is -0.0665. The number of hydrogen-bond donors (Lipinski definition) is 1. The molecule has 0 saturated carbocycles. The first kappa shape index (κ1) is 17.2. The molecule has 112 valence electrons. The Morgan fingerprint density at radius 2 is 1.86 bits per heavy atom. The van der Waals surface area contributed by atoms with Crippen LogP contribution in [0.15, 0.2) is 48.5 Å². The first-order chi connectivity index (χ1) is 9.72. The van der Waals surface area contributed by atoms with Crippen molar-refractivity contribution in [2.75, 3.05) is 12.3 Å². The highest BCUT2D eigenvalue weighted by Gasteiger charge is 2.12. The molecule has 0 spiro atoms. The van der Waals surface area contributed by atoms with Gasteiger partial charge in [0.2, 0.25) is 0 Å². The van der Waals surface area contributed by atoms with Gasteiger partial charge >= 0.3 is 0 Å². The molecule has 0 aromatic heterocycles. The summed E-state index contributed by atoms with van der Waals surface area (Å²) in [7, 11) is 0. The number of anilines is 1. The fourth-order valence-corrected chi connectivity index (χ4v) is 1.92. The van der Waals surface area contributed by atoms with E-state index in [0.29, 0.717) is 29.2 Å². The predicted molar refractivity (Wildman–Crippen MR) is 91.5 cm³/mol. The van der Waals surface area contributed by atoms with Gasteiger partial charge in [-0.25, -0.2) is 0 Å². The van der Waals surface area contributed by atoms with Gasteiger partial charge in [0.15, 0.2) is 5.78 Å². The Morgan fingerprint density at radius 1 is 1.14 bits per heavy atom. The maximum Gasteiger partial charge on any atom is 0.195 e. The third-order valence-corrected chi connectivity index (χ3v) is 3.07. The Kier molecular flexibility index (Phi) is 6.96. The summed E-state index contributed by atoms with van der Waals surface area (Å²) < 4.78 is 5.58. The van der Waals surface area contributed by atoms with E-state index in [9.17, 15) is 4.79 Å². The van der Waals surface area contributed by atoms with E-state index < -0.39 is 0 Å². The number of ether oxygens (including phenoxy) is 1. The number of ketones is 1. The lowest BCUT2D eigenvalue weighted by Gasteiger charge is -2.09. The summed E-state index contributed by atoms with van der Waals surface area (Å²) in [6.07, 6.45) is 2.09. The Hall–Kier alpha value is -1.81. The van der Waals surface area contributed by atoms with Crippen molar-refractivity contribution in [1.29, 1.82) is 0 Å². The molecule has 0 heterocycles. The third kappa shape index (κ3) is 4.60. The molecule has 0 aliphatic rings. The number of carbonyl (C=O) groups is 1. The van der Waals surface area contributed by atoms with Gasteiger partial charge in [0.25, 0.3) is 0 Å². The van der Waals surface area contributed by atoms with Crippen molar-refractivity contribution in [2.45, 2.75) is 19.8 Å². The number of unbranched alkanes of at least 4 members (excludes halogenated alkanes) is 1. The lowest BCUT2D eigenvalue weighted by Crippen LogP contribution is -2.06. The maximum absolute atomic E-state index is 12.3. The third-order valence-electron chi connectivity index (χ3n) is 3.07. The van der Waals surface area contributed by atoms with Crippen molar-refractivity contribution in [1.82, 2.24) is 0 Å². The number of nitrogens with two attached hydrogens (primary N) is 1. The molecule has 3 nitrogen and oxygen atoms in total. The molecule has 0 amide bonds. The van der Waals surface area contributed by atoms with Crippen LogP contribution in [0.1, 0.15) is 35.7 Å². The second-order valence-electron chi connectivity index (χ2n) is 4.65. The predicted octanol–water partition coefficient (Wildman–Crippen LogP) is 4.26. The van der Waals surface area contributed by atoms with E-state index in [1.54, 1.807) is 30.3 Å². The van der Waals surface area contributed by atoms with Crippen LogP contribution < -0.4 is 10.5 Å². The Labute approximate surface area is 135 Å². The van der Waals surface area contributed by atoms with E-state index in [1.165, 1.54) is 0 Å². The van der Waals surface area contributed by atoms with Crippen LogP contribution in [0.25, 0.3) is 0 Å². The van der Waals surface area contributed by atoms with E-state index in [4.69, 9.17) is 10.5 Å². The van der Waals surface area contributed by atoms with Crippen molar-refractivity contribution in [3.05, 3.63) is 59.7 Å². The summed E-state index contributed by atoms with van der Waals surface area (Å²) in [5.41, 5.74) is 7.57. The number of benzene rings is 2. The van der Waals surface area contributed by atoms with E-state index in [1.807, 2.05) is 18.2 Å². The van der Waals surface area contributed by atoms with Gasteiger partial charge in [0.05, 0.1) is 6.61 Å². The molecule has 2 aromatic carbocycles. The quantitative estimate of drug-likeness (QED) is 0.481. The zero-order valence-electron chi connectivity index (χ0n) is 12.0. The molecular weight excluding hydrogens is 330 g/mol. The van der Waals surface area contributed by atoms with E-state index in [2.05, 4.69) is 6.92 Å². The second kappa shape index (κ2) is 8.47. The molecule has 0 unspecified atom stereocenters. The largest absolute Gasteiger partial charge is 0.494 e. The summed E-state index contributed by atoms with van der Waals surface area (Å²) >= 11 is 0. The van der Waals surface area contributed by atoms with Crippen molar-refractivity contribution in [3.8, 4) is 5.75 Å². The Bertz CT molecular complexity index is 585. The van der Waals surface area contributed by atoms with Crippen LogP contribution in [0, 0.1) is 0 Å². The molecule has 0 aliphatic heterocycles. The van der Waals surface area contributed by atoms with Crippen LogP contribution >= 0.6 is 17.0 Å². The standard InChI is InChI=1S/C17H19NO2.BrH/c1-2-3-11-20-14-9-10-15(16(18)12-14)17(19)13-7-5-4-6-8-13;/h4-10,12H,2-3,11,18H2,1H3;1H. The molecule has 2 aromatic rings. The highest BCUT2D eigenvalue weighted by atomic mass is 79.9. The number of carbonyl (C=O) groups excluding carboxylic acids is 1. The molecule has 2 N–H and O–H groups in total. The average molecular weight is 350 g/mol. The van der Waals surface area contributed by atoms with E-state index in [-0.39, 0.29) is 22.8 Å². The number of nitrogen functional groups attached to an aromatic ring is 1. The van der Waals surface area contributed by atoms with Crippen LogP contribution in [0.2, 0.25) is 0 Å². The molecule has 0 bridgehead atoms. The molecule has 4 heteroatoms. The van der Waals surface area contributed by atoms with Crippen molar-refractivity contribution in [3.63, 3.8) is 0 Å². The van der Waals surface area contributed by atoms with Gasteiger partial charge in [0, 0.05) is 22.9 Å². The highest BCUT2D eigenvalue weighted by Crippen LogP contribution is 2.22. The molecule has 2 rings (SSSR count). The first-order valence-electron chi connectivity index (χ1n) is 6.84. The monoisotopic (exact) mass is 349 g/mol. The van der Waals surface area contributed by atoms with Gasteiger partial charge < -0.3 is 10.5 Å². The van der Waals surface area contributed by atoms with Crippen molar-refractivity contribution in [2.24, 2.45) is 0 Å². The van der Waals surface area contributed by atoms with E-state index in [0.717, 1.165) is 12.8 Å². The van der Waals surface area contributed by atoms with Gasteiger partial charge in [0.1, 0.15) is 5.75 Å². The maximum atomic E-state index is 12.3. The lowest BCUT2D eigenvalue weighted by atomic mass is 10.0. The molecule has 21 heavy (non-hydrogen) atoms. The summed E-state index contributed by atoms with van der Waals surface area (Å²) in [6.45, 7) is 2.78. The normalized spacial score (nSPS) is 9.76. The molecule has 0 radical (unpaired) electrons. The Morgan fingerprint density at radius 3 is 2.48 bits per heavy atom.